The molecule has 3 aromatic carbocycles. The molecule has 0 saturated heterocycles. The number of methoxy groups -OCH3 is 1. The number of aliphatic imine (C=N–C) groups is 1. The van der Waals surface area contributed by atoms with Crippen LogP contribution in [0.1, 0.15) is 22.7 Å². The summed E-state index contributed by atoms with van der Waals surface area (Å²) in [6, 6.07) is 27.2. The highest BCUT2D eigenvalue weighted by Crippen LogP contribution is 2.24. The smallest absolute Gasteiger partial charge is 0.332 e. The molecule has 30 heavy (non-hydrogen) atoms. The number of carbonyl (C=O) groups excluding carboxylic acids is 1. The van der Waals surface area contributed by atoms with Gasteiger partial charge in [0.1, 0.15) is 12.3 Å². The van der Waals surface area contributed by atoms with Gasteiger partial charge in [-0.1, -0.05) is 91.0 Å². The van der Waals surface area contributed by atoms with Gasteiger partial charge < -0.3 is 9.29 Å². The Hall–Kier alpha value is -2.93. The standard InChI is InChI=1S/C24H24N2O3S/c1-29-24(27)23(22(26-30(2)28)20-16-10-5-11-17-20)25-21(18-12-6-3-7-13-18)19-14-8-4-9-15-19/h3-17,22-23,26H,1-2H3/t22-,23-,30?/m0/s1. The molecule has 154 valence electrons. The number of hydrogen-bond acceptors (Lipinski definition) is 5. The lowest BCUT2D eigenvalue weighted by atomic mass is 9.98. The molecule has 0 amide bonds. The molecular weight excluding hydrogens is 396 g/mol. The second kappa shape index (κ2) is 10.7. The summed E-state index contributed by atoms with van der Waals surface area (Å²) in [5.74, 6) is -0.508. The van der Waals surface area contributed by atoms with E-state index in [1.54, 1.807) is 0 Å². The Labute approximate surface area is 180 Å². The normalized spacial score (nSPS) is 13.7. The first-order valence-electron chi connectivity index (χ1n) is 9.51. The molecule has 1 N–H and O–H groups in total. The van der Waals surface area contributed by atoms with Crippen LogP contribution in [0.2, 0.25) is 0 Å². The molecule has 0 heterocycles. The minimum atomic E-state index is -1.37. The number of nitrogens with zero attached hydrogens (tertiary/aromatic N) is 1. The second-order valence-corrected chi connectivity index (χ2v) is 7.78. The van der Waals surface area contributed by atoms with E-state index in [4.69, 9.17) is 9.73 Å². The SMILES string of the molecule is COC(=O)[C@@H](N=C(c1ccccc1)c1ccccc1)[C@@H](N[S+](C)[O-])c1ccccc1. The Morgan fingerprint density at radius 1 is 0.900 bits per heavy atom. The molecule has 3 rings (SSSR count). The van der Waals surface area contributed by atoms with E-state index < -0.39 is 29.4 Å². The zero-order valence-corrected chi connectivity index (χ0v) is 17.7. The van der Waals surface area contributed by atoms with Crippen LogP contribution in [0.25, 0.3) is 0 Å². The van der Waals surface area contributed by atoms with Crippen LogP contribution in [0.15, 0.2) is 96.0 Å². The van der Waals surface area contributed by atoms with Gasteiger partial charge in [-0.25, -0.2) is 4.79 Å². The Morgan fingerprint density at radius 3 is 1.80 bits per heavy atom. The van der Waals surface area contributed by atoms with E-state index in [-0.39, 0.29) is 0 Å². The van der Waals surface area contributed by atoms with Crippen LogP contribution in [0.3, 0.4) is 0 Å². The quantitative estimate of drug-likeness (QED) is 0.343. The Bertz CT molecular complexity index is 922. The molecule has 0 aliphatic heterocycles. The van der Waals surface area contributed by atoms with Gasteiger partial charge >= 0.3 is 5.97 Å². The topological polar surface area (TPSA) is 73.8 Å². The highest BCUT2D eigenvalue weighted by molar-refractivity contribution is 7.88. The maximum atomic E-state index is 12.8. The Balaban J connectivity index is 2.16. The lowest BCUT2D eigenvalue weighted by molar-refractivity contribution is -0.142. The highest BCUT2D eigenvalue weighted by Gasteiger charge is 2.33. The molecule has 0 saturated carbocycles. The fraction of sp³-hybridized carbons (Fsp3) is 0.167. The van der Waals surface area contributed by atoms with Crippen LogP contribution in [-0.2, 0) is 20.9 Å². The first-order chi connectivity index (χ1) is 14.6. The second-order valence-electron chi connectivity index (χ2n) is 6.64. The maximum absolute atomic E-state index is 12.8. The number of carbonyl (C=O) groups is 1. The van der Waals surface area contributed by atoms with Crippen molar-refractivity contribution in [1.29, 1.82) is 0 Å². The van der Waals surface area contributed by atoms with Crippen molar-refractivity contribution in [2.75, 3.05) is 13.4 Å². The van der Waals surface area contributed by atoms with Crippen LogP contribution in [-0.4, -0.2) is 35.6 Å². The third kappa shape index (κ3) is 5.57. The van der Waals surface area contributed by atoms with Gasteiger partial charge in [0.05, 0.1) is 12.8 Å². The fourth-order valence-electron chi connectivity index (χ4n) is 3.18. The number of rotatable bonds is 8. The molecule has 5 nitrogen and oxygen atoms in total. The van der Waals surface area contributed by atoms with Gasteiger partial charge in [0.2, 0.25) is 0 Å². The largest absolute Gasteiger partial charge is 0.598 e. The summed E-state index contributed by atoms with van der Waals surface area (Å²) in [5.41, 5.74) is 3.22. The lowest BCUT2D eigenvalue weighted by Gasteiger charge is -2.24. The monoisotopic (exact) mass is 420 g/mol. The van der Waals surface area contributed by atoms with Gasteiger partial charge in [0, 0.05) is 22.5 Å². The van der Waals surface area contributed by atoms with Crippen LogP contribution in [0, 0.1) is 0 Å². The Kier molecular flexibility index (Phi) is 7.79. The van der Waals surface area contributed by atoms with E-state index in [0.29, 0.717) is 5.71 Å². The number of benzene rings is 3. The molecule has 1 unspecified atom stereocenters. The summed E-state index contributed by atoms with van der Waals surface area (Å²) in [4.78, 5) is 17.7. The number of esters is 1. The van der Waals surface area contributed by atoms with Crippen molar-refractivity contribution in [3.8, 4) is 0 Å². The minimum Gasteiger partial charge on any atom is -0.598 e. The van der Waals surface area contributed by atoms with Gasteiger partial charge in [0.15, 0.2) is 6.04 Å². The van der Waals surface area contributed by atoms with Gasteiger partial charge in [-0.15, -0.1) is 4.72 Å². The molecule has 0 fully saturated rings. The molecule has 3 atom stereocenters. The molecule has 0 spiro atoms. The minimum absolute atomic E-state index is 0.508. The van der Waals surface area contributed by atoms with Crippen molar-refractivity contribution >= 4 is 23.0 Å². The summed E-state index contributed by atoms with van der Waals surface area (Å²) in [7, 11) is 1.33. The third-order valence-electron chi connectivity index (χ3n) is 4.57. The predicted octanol–water partition coefficient (Wildman–Crippen LogP) is 3.69. The van der Waals surface area contributed by atoms with Gasteiger partial charge in [-0.3, -0.25) is 4.99 Å². The first kappa shape index (κ1) is 21.8. The van der Waals surface area contributed by atoms with E-state index in [0.717, 1.165) is 16.7 Å². The van der Waals surface area contributed by atoms with Crippen molar-refractivity contribution in [2.24, 2.45) is 4.99 Å². The number of hydrogen-bond donors (Lipinski definition) is 1. The summed E-state index contributed by atoms with van der Waals surface area (Å²) in [6.45, 7) is 0. The number of ether oxygens (including phenoxy) is 1. The highest BCUT2D eigenvalue weighted by atomic mass is 32.2. The summed E-state index contributed by atoms with van der Waals surface area (Å²) < 4.78 is 20.1. The Morgan fingerprint density at radius 2 is 1.37 bits per heavy atom. The average molecular weight is 421 g/mol. The maximum Gasteiger partial charge on any atom is 0.332 e. The molecule has 0 bridgehead atoms. The molecule has 0 aromatic heterocycles. The van der Waals surface area contributed by atoms with Crippen LogP contribution in [0.5, 0.6) is 0 Å². The van der Waals surface area contributed by atoms with Crippen molar-refractivity contribution in [3.63, 3.8) is 0 Å². The van der Waals surface area contributed by atoms with Crippen molar-refractivity contribution in [2.45, 2.75) is 12.1 Å². The van der Waals surface area contributed by atoms with E-state index in [1.165, 1.54) is 13.4 Å². The first-order valence-corrected chi connectivity index (χ1v) is 11.1. The van der Waals surface area contributed by atoms with Gasteiger partial charge in [-0.05, 0) is 5.56 Å². The molecule has 3 aromatic rings. The molecule has 0 aliphatic rings. The molecule has 0 aliphatic carbocycles. The van der Waals surface area contributed by atoms with Crippen molar-refractivity contribution < 1.29 is 14.1 Å². The van der Waals surface area contributed by atoms with Gasteiger partial charge in [-0.2, -0.15) is 0 Å². The van der Waals surface area contributed by atoms with E-state index >= 15 is 0 Å². The lowest BCUT2D eigenvalue weighted by Crippen LogP contribution is -2.40. The third-order valence-corrected chi connectivity index (χ3v) is 5.16. The van der Waals surface area contributed by atoms with Crippen LogP contribution >= 0.6 is 0 Å². The summed E-state index contributed by atoms with van der Waals surface area (Å²) >= 11 is -1.37. The van der Waals surface area contributed by atoms with E-state index in [2.05, 4.69) is 4.72 Å². The molecule has 0 radical (unpaired) electrons. The number of nitrogens with one attached hydrogen (secondary N) is 1. The van der Waals surface area contributed by atoms with Crippen LogP contribution < -0.4 is 4.72 Å². The van der Waals surface area contributed by atoms with E-state index in [9.17, 15) is 9.35 Å². The van der Waals surface area contributed by atoms with Gasteiger partial charge in [0.25, 0.3) is 0 Å². The molecular formula is C24H24N2O3S. The molecule has 6 heteroatoms. The van der Waals surface area contributed by atoms with Crippen LogP contribution in [0.4, 0.5) is 0 Å². The summed E-state index contributed by atoms with van der Waals surface area (Å²) in [5, 5.41) is 0. The fourth-order valence-corrected chi connectivity index (χ4v) is 3.81. The average Bonchev–Trinajstić information content (AvgIpc) is 2.80. The predicted molar refractivity (Wildman–Crippen MR) is 121 cm³/mol. The summed E-state index contributed by atoms with van der Waals surface area (Å²) in [6.07, 6.45) is 1.53. The zero-order chi connectivity index (χ0) is 21.3. The zero-order valence-electron chi connectivity index (χ0n) is 16.9. The van der Waals surface area contributed by atoms with Crippen molar-refractivity contribution in [3.05, 3.63) is 108 Å². The van der Waals surface area contributed by atoms with E-state index in [1.807, 2.05) is 91.0 Å². The van der Waals surface area contributed by atoms with Crippen molar-refractivity contribution in [1.82, 2.24) is 4.72 Å².